The predicted molar refractivity (Wildman–Crippen MR) is 125 cm³/mol. The van der Waals surface area contributed by atoms with Crippen LogP contribution in [0.3, 0.4) is 0 Å². The van der Waals surface area contributed by atoms with Gasteiger partial charge in [0, 0.05) is 17.5 Å². The number of sulfonamides is 1. The molecule has 0 spiro atoms. The van der Waals surface area contributed by atoms with Crippen LogP contribution >= 0.6 is 11.6 Å². The van der Waals surface area contributed by atoms with E-state index >= 15 is 0 Å². The van der Waals surface area contributed by atoms with Crippen molar-refractivity contribution < 1.29 is 18.3 Å². The molecule has 0 saturated heterocycles. The number of benzene rings is 2. The second kappa shape index (κ2) is 12.2. The average Bonchev–Trinajstić information content (AvgIpc) is 2.70. The van der Waals surface area contributed by atoms with Crippen molar-refractivity contribution in [3.63, 3.8) is 0 Å². The Kier molecular flexibility index (Phi) is 10.0. The van der Waals surface area contributed by atoms with E-state index < -0.39 is 16.0 Å². The molecule has 170 valence electrons. The van der Waals surface area contributed by atoms with Gasteiger partial charge in [0.2, 0.25) is 10.0 Å². The lowest BCUT2D eigenvalue weighted by Crippen LogP contribution is -2.28. The molecule has 2 aromatic carbocycles. The van der Waals surface area contributed by atoms with E-state index in [2.05, 4.69) is 18.6 Å². The van der Waals surface area contributed by atoms with Crippen LogP contribution in [0.5, 0.6) is 0 Å². The molecule has 0 aliphatic rings. The van der Waals surface area contributed by atoms with Gasteiger partial charge in [0.25, 0.3) is 0 Å². The summed E-state index contributed by atoms with van der Waals surface area (Å²) in [6.45, 7) is 4.37. The third-order valence-corrected chi connectivity index (χ3v) is 6.92. The number of halogens is 1. The van der Waals surface area contributed by atoms with Crippen LogP contribution in [0.2, 0.25) is 5.02 Å². The molecule has 5 nitrogen and oxygen atoms in total. The molecule has 0 fully saturated rings. The van der Waals surface area contributed by atoms with E-state index in [9.17, 15) is 13.2 Å². The predicted octanol–water partition coefficient (Wildman–Crippen LogP) is 5.98. The first-order chi connectivity index (χ1) is 14.7. The van der Waals surface area contributed by atoms with Gasteiger partial charge in [-0.25, -0.2) is 13.1 Å². The molecular formula is C24H32ClNO4S. The van der Waals surface area contributed by atoms with E-state index in [0.29, 0.717) is 30.2 Å². The Bertz CT molecular complexity index is 925. The summed E-state index contributed by atoms with van der Waals surface area (Å²) in [6.07, 6.45) is 5.19. The molecule has 2 rings (SSSR count). The van der Waals surface area contributed by atoms with Crippen LogP contribution in [-0.2, 0) is 21.2 Å². The van der Waals surface area contributed by atoms with E-state index in [4.69, 9.17) is 16.7 Å². The van der Waals surface area contributed by atoms with Gasteiger partial charge in [0.1, 0.15) is 0 Å². The number of nitrogens with one attached hydrogen (secondary N) is 1. The number of rotatable bonds is 13. The summed E-state index contributed by atoms with van der Waals surface area (Å²) in [5, 5.41) is 9.28. The first kappa shape index (κ1) is 25.4. The highest BCUT2D eigenvalue weighted by atomic mass is 35.5. The zero-order chi connectivity index (χ0) is 22.9. The summed E-state index contributed by atoms with van der Waals surface area (Å²) < 4.78 is 28.7. The van der Waals surface area contributed by atoms with Crippen LogP contribution in [0.15, 0.2) is 53.4 Å². The third-order valence-electron chi connectivity index (χ3n) is 5.18. The summed E-state index contributed by atoms with van der Waals surface area (Å²) in [5.41, 5.74) is 1.95. The van der Waals surface area contributed by atoms with Gasteiger partial charge in [-0.05, 0) is 60.6 Å². The molecule has 31 heavy (non-hydrogen) atoms. The fraction of sp³-hybridized carbons (Fsp3) is 0.458. The van der Waals surface area contributed by atoms with Gasteiger partial charge < -0.3 is 5.11 Å². The Morgan fingerprint density at radius 1 is 0.968 bits per heavy atom. The molecule has 1 unspecified atom stereocenters. The second-order valence-corrected chi connectivity index (χ2v) is 10.4. The van der Waals surface area contributed by atoms with Gasteiger partial charge >= 0.3 is 5.97 Å². The molecule has 2 N–H and O–H groups in total. The lowest BCUT2D eigenvalue weighted by Gasteiger charge is -2.20. The number of aryl methyl sites for hydroxylation is 1. The minimum Gasteiger partial charge on any atom is -0.481 e. The molecule has 0 aliphatic heterocycles. The first-order valence-corrected chi connectivity index (χ1v) is 12.6. The summed E-state index contributed by atoms with van der Waals surface area (Å²) in [6, 6.07) is 13.6. The Labute approximate surface area is 190 Å². The van der Waals surface area contributed by atoms with Crippen LogP contribution in [0.25, 0.3) is 0 Å². The van der Waals surface area contributed by atoms with Gasteiger partial charge in [-0.1, -0.05) is 69.0 Å². The smallest absolute Gasteiger partial charge is 0.303 e. The fourth-order valence-corrected chi connectivity index (χ4v) is 4.81. The highest BCUT2D eigenvalue weighted by molar-refractivity contribution is 7.89. The summed E-state index contributed by atoms with van der Waals surface area (Å²) >= 11 is 5.89. The highest BCUT2D eigenvalue weighted by Crippen LogP contribution is 2.25. The van der Waals surface area contributed by atoms with Crippen molar-refractivity contribution in [3.05, 3.63) is 64.7 Å². The number of aliphatic carboxylic acids is 1. The lowest BCUT2D eigenvalue weighted by molar-refractivity contribution is -0.137. The van der Waals surface area contributed by atoms with E-state index in [0.717, 1.165) is 30.4 Å². The molecule has 7 heteroatoms. The molecule has 2 aromatic rings. The van der Waals surface area contributed by atoms with Crippen LogP contribution in [0.4, 0.5) is 0 Å². The van der Waals surface area contributed by atoms with Crippen molar-refractivity contribution in [2.24, 2.45) is 5.92 Å². The number of hydrogen-bond donors (Lipinski definition) is 2. The lowest BCUT2D eigenvalue weighted by atomic mass is 9.97. The van der Waals surface area contributed by atoms with Gasteiger partial charge in [-0.3, -0.25) is 4.79 Å². The zero-order valence-corrected chi connectivity index (χ0v) is 19.8. The number of carboxylic acid groups (broad SMARTS) is 1. The van der Waals surface area contributed by atoms with Crippen molar-refractivity contribution in [1.29, 1.82) is 0 Å². The normalized spacial score (nSPS) is 12.8. The molecule has 1 atom stereocenters. The van der Waals surface area contributed by atoms with Crippen molar-refractivity contribution >= 4 is 27.6 Å². The number of unbranched alkanes of at least 4 members (excludes halogenated alkanes) is 1. The van der Waals surface area contributed by atoms with Crippen molar-refractivity contribution in [2.75, 3.05) is 0 Å². The second-order valence-electron chi connectivity index (χ2n) is 8.29. The molecule has 0 heterocycles. The summed E-state index contributed by atoms with van der Waals surface area (Å²) in [4.78, 5) is 10.9. The largest absolute Gasteiger partial charge is 0.481 e. The average molecular weight is 466 g/mol. The van der Waals surface area contributed by atoms with E-state index in [1.165, 1.54) is 12.1 Å². The van der Waals surface area contributed by atoms with Gasteiger partial charge in [0.15, 0.2) is 0 Å². The molecular weight excluding hydrogens is 434 g/mol. The standard InChI is InChI=1S/C24H32ClNO4S/c1-18(2)6-3-4-8-23(26-31(29,30)22-16-14-21(25)15-17-22)20-12-10-19(11-13-20)7-5-9-24(27)28/h10-18,23,26H,3-9H2,1-2H3,(H,27,28). The molecule has 0 radical (unpaired) electrons. The fourth-order valence-electron chi connectivity index (χ4n) is 3.42. The first-order valence-electron chi connectivity index (χ1n) is 10.8. The zero-order valence-electron chi connectivity index (χ0n) is 18.2. The minimum atomic E-state index is -3.69. The van der Waals surface area contributed by atoms with E-state index in [-0.39, 0.29) is 17.4 Å². The van der Waals surface area contributed by atoms with Gasteiger partial charge in [-0.2, -0.15) is 0 Å². The van der Waals surface area contributed by atoms with Crippen LogP contribution in [0, 0.1) is 5.92 Å². The number of carboxylic acids is 1. The maximum atomic E-state index is 12.9. The molecule has 0 amide bonds. The van der Waals surface area contributed by atoms with Crippen molar-refractivity contribution in [3.8, 4) is 0 Å². The molecule has 0 saturated carbocycles. The Balaban J connectivity index is 2.13. The number of carbonyl (C=O) groups is 1. The van der Waals surface area contributed by atoms with Gasteiger partial charge in [-0.15, -0.1) is 0 Å². The Hall–Kier alpha value is -1.89. The van der Waals surface area contributed by atoms with Crippen molar-refractivity contribution in [1.82, 2.24) is 4.72 Å². The van der Waals surface area contributed by atoms with E-state index in [1.807, 2.05) is 24.3 Å². The minimum absolute atomic E-state index is 0.140. The van der Waals surface area contributed by atoms with Crippen LogP contribution in [-0.4, -0.2) is 19.5 Å². The van der Waals surface area contributed by atoms with Crippen LogP contribution < -0.4 is 4.72 Å². The monoisotopic (exact) mass is 465 g/mol. The summed E-state index contributed by atoms with van der Waals surface area (Å²) in [5.74, 6) is -0.177. The SMILES string of the molecule is CC(C)CCCCC(NS(=O)(=O)c1ccc(Cl)cc1)c1ccc(CCCC(=O)O)cc1. The molecule has 0 aliphatic carbocycles. The maximum absolute atomic E-state index is 12.9. The maximum Gasteiger partial charge on any atom is 0.303 e. The molecule has 0 aromatic heterocycles. The number of hydrogen-bond acceptors (Lipinski definition) is 3. The van der Waals surface area contributed by atoms with Gasteiger partial charge in [0.05, 0.1) is 4.90 Å². The third kappa shape index (κ3) is 9.01. The Morgan fingerprint density at radius 3 is 2.16 bits per heavy atom. The quantitative estimate of drug-likeness (QED) is 0.356. The molecule has 0 bridgehead atoms. The van der Waals surface area contributed by atoms with Crippen molar-refractivity contribution in [2.45, 2.75) is 69.7 Å². The topological polar surface area (TPSA) is 83.5 Å². The highest BCUT2D eigenvalue weighted by Gasteiger charge is 2.21. The van der Waals surface area contributed by atoms with E-state index in [1.54, 1.807) is 12.1 Å². The Morgan fingerprint density at radius 2 is 1.58 bits per heavy atom. The van der Waals surface area contributed by atoms with Crippen LogP contribution in [0.1, 0.15) is 69.5 Å². The summed E-state index contributed by atoms with van der Waals surface area (Å²) in [7, 11) is -3.69.